The van der Waals surface area contributed by atoms with Crippen molar-refractivity contribution in [1.82, 2.24) is 0 Å². The quantitative estimate of drug-likeness (QED) is 0.741. The van der Waals surface area contributed by atoms with E-state index < -0.39 is 0 Å². The molecule has 21 heavy (non-hydrogen) atoms. The average molecular weight is 318 g/mol. The van der Waals surface area contributed by atoms with E-state index in [4.69, 9.17) is 11.6 Å². The highest BCUT2D eigenvalue weighted by Crippen LogP contribution is 2.40. The maximum Gasteiger partial charge on any atom is 0.0934 e. The number of fused-ring (bicyclic) bond motifs is 2. The van der Waals surface area contributed by atoms with Crippen LogP contribution >= 0.6 is 22.9 Å². The number of rotatable bonds is 2. The summed E-state index contributed by atoms with van der Waals surface area (Å²) in [6.45, 7) is 0. The molecule has 0 spiro atoms. The Morgan fingerprint density at radius 2 is 2.00 bits per heavy atom. The molecule has 110 valence electrons. The van der Waals surface area contributed by atoms with Crippen LogP contribution in [0.5, 0.6) is 0 Å². The number of hydrogen-bond donors (Lipinski definition) is 1. The van der Waals surface area contributed by atoms with Gasteiger partial charge in [-0.05, 0) is 73.8 Å². The van der Waals surface area contributed by atoms with Crippen molar-refractivity contribution in [1.29, 1.82) is 0 Å². The number of hydrogen-bond acceptors (Lipinski definition) is 2. The normalized spacial score (nSPS) is 20.7. The maximum absolute atomic E-state index is 6.23. The van der Waals surface area contributed by atoms with Crippen LogP contribution < -0.4 is 5.32 Å². The minimum Gasteiger partial charge on any atom is -0.378 e. The highest BCUT2D eigenvalue weighted by atomic mass is 35.5. The fraction of sp³-hybridized carbons (Fsp3) is 0.444. The zero-order chi connectivity index (χ0) is 14.2. The van der Waals surface area contributed by atoms with Gasteiger partial charge < -0.3 is 5.32 Å². The van der Waals surface area contributed by atoms with Crippen molar-refractivity contribution < 1.29 is 0 Å². The summed E-state index contributed by atoms with van der Waals surface area (Å²) in [6, 6.07) is 9.37. The molecule has 4 rings (SSSR count). The number of halogens is 1. The maximum atomic E-state index is 6.23. The fourth-order valence-corrected chi connectivity index (χ4v) is 5.16. The van der Waals surface area contributed by atoms with Crippen LogP contribution in [-0.2, 0) is 19.3 Å². The Morgan fingerprint density at radius 1 is 1.10 bits per heavy atom. The summed E-state index contributed by atoms with van der Waals surface area (Å²) >= 11 is 7.98. The van der Waals surface area contributed by atoms with Crippen molar-refractivity contribution in [2.24, 2.45) is 0 Å². The van der Waals surface area contributed by atoms with Gasteiger partial charge in [0, 0.05) is 10.6 Å². The molecule has 0 amide bonds. The van der Waals surface area contributed by atoms with Gasteiger partial charge in [-0.25, -0.2) is 0 Å². The summed E-state index contributed by atoms with van der Waals surface area (Å²) in [6.07, 6.45) is 8.79. The second-order valence-corrected chi connectivity index (χ2v) is 7.94. The topological polar surface area (TPSA) is 12.0 Å². The van der Waals surface area contributed by atoms with Crippen LogP contribution in [-0.4, -0.2) is 0 Å². The first-order valence-electron chi connectivity index (χ1n) is 7.96. The van der Waals surface area contributed by atoms with Gasteiger partial charge in [-0.15, -0.1) is 11.3 Å². The molecule has 0 aliphatic heterocycles. The molecule has 0 saturated carbocycles. The van der Waals surface area contributed by atoms with E-state index >= 15 is 0 Å². The Labute approximate surface area is 135 Å². The van der Waals surface area contributed by atoms with Crippen LogP contribution in [0.3, 0.4) is 0 Å². The highest BCUT2D eigenvalue weighted by molar-refractivity contribution is 7.16. The molecule has 3 heteroatoms. The number of anilines is 1. The van der Waals surface area contributed by atoms with E-state index in [-0.39, 0.29) is 0 Å². The predicted molar refractivity (Wildman–Crippen MR) is 91.7 cm³/mol. The van der Waals surface area contributed by atoms with Crippen molar-refractivity contribution in [2.45, 2.75) is 51.0 Å². The lowest BCUT2D eigenvalue weighted by Crippen LogP contribution is -2.17. The summed E-state index contributed by atoms with van der Waals surface area (Å²) in [7, 11) is 0. The van der Waals surface area contributed by atoms with E-state index in [1.54, 1.807) is 22.5 Å². The Hall–Kier alpha value is -0.990. The molecule has 0 saturated heterocycles. The third-order valence-corrected chi connectivity index (χ3v) is 6.15. The standard InChI is InChI=1S/C18H20ClNS/c19-18-11-14-16(9-4-10-17(14)21-18)20-15-8-3-6-12-5-1-2-7-13(12)15/h3,6,8,11,16,20H,1-2,4-5,7,9-10H2. The molecule has 1 N–H and O–H groups in total. The Balaban J connectivity index is 1.65. The van der Waals surface area contributed by atoms with Crippen molar-refractivity contribution in [3.05, 3.63) is 50.2 Å². The second-order valence-electron chi connectivity index (χ2n) is 6.17. The number of nitrogens with one attached hydrogen (secondary N) is 1. The van der Waals surface area contributed by atoms with E-state index in [1.807, 2.05) is 0 Å². The van der Waals surface area contributed by atoms with Crippen LogP contribution in [0.4, 0.5) is 5.69 Å². The molecule has 0 bridgehead atoms. The van der Waals surface area contributed by atoms with Gasteiger partial charge in [0.15, 0.2) is 0 Å². The van der Waals surface area contributed by atoms with Gasteiger partial charge in [0.1, 0.15) is 0 Å². The van der Waals surface area contributed by atoms with E-state index in [0.717, 1.165) is 4.34 Å². The van der Waals surface area contributed by atoms with E-state index in [2.05, 4.69) is 29.6 Å². The molecule has 1 nitrogen and oxygen atoms in total. The molecule has 1 aromatic carbocycles. The van der Waals surface area contributed by atoms with Gasteiger partial charge in [-0.1, -0.05) is 23.7 Å². The van der Waals surface area contributed by atoms with Gasteiger partial charge in [0.25, 0.3) is 0 Å². The van der Waals surface area contributed by atoms with Gasteiger partial charge in [-0.3, -0.25) is 0 Å². The predicted octanol–water partition coefficient (Wildman–Crippen LogP) is 5.77. The average Bonchev–Trinajstić information content (AvgIpc) is 2.89. The Morgan fingerprint density at radius 3 is 2.95 bits per heavy atom. The van der Waals surface area contributed by atoms with Crippen LogP contribution in [0.25, 0.3) is 0 Å². The van der Waals surface area contributed by atoms with E-state index in [9.17, 15) is 0 Å². The molecule has 0 fully saturated rings. The first-order valence-corrected chi connectivity index (χ1v) is 9.16. The van der Waals surface area contributed by atoms with Gasteiger partial charge in [0.05, 0.1) is 10.4 Å². The summed E-state index contributed by atoms with van der Waals surface area (Å²) < 4.78 is 0.934. The van der Waals surface area contributed by atoms with Crippen molar-refractivity contribution in [2.75, 3.05) is 5.32 Å². The first kappa shape index (κ1) is 13.7. The molecule has 2 aliphatic rings. The minimum absolute atomic E-state index is 0.436. The van der Waals surface area contributed by atoms with Gasteiger partial charge >= 0.3 is 0 Å². The Kier molecular flexibility index (Phi) is 3.68. The molecule has 1 atom stereocenters. The molecule has 0 radical (unpaired) electrons. The van der Waals surface area contributed by atoms with Crippen LogP contribution in [0.2, 0.25) is 4.34 Å². The molecular weight excluding hydrogens is 298 g/mol. The summed E-state index contributed by atoms with van der Waals surface area (Å²) in [5.41, 5.74) is 5.89. The monoisotopic (exact) mass is 317 g/mol. The van der Waals surface area contributed by atoms with E-state index in [1.165, 1.54) is 61.1 Å². The third-order valence-electron chi connectivity index (χ3n) is 4.81. The SMILES string of the molecule is Clc1cc2c(s1)CCCC2Nc1cccc2c1CCCC2. The van der Waals surface area contributed by atoms with Gasteiger partial charge in [-0.2, -0.15) is 0 Å². The highest BCUT2D eigenvalue weighted by Gasteiger charge is 2.24. The molecule has 2 aromatic rings. The van der Waals surface area contributed by atoms with E-state index in [0.29, 0.717) is 6.04 Å². The molecule has 1 heterocycles. The van der Waals surface area contributed by atoms with Crippen LogP contribution in [0.15, 0.2) is 24.3 Å². The second kappa shape index (κ2) is 5.66. The largest absolute Gasteiger partial charge is 0.378 e. The molecular formula is C18H20ClNS. The lowest BCUT2D eigenvalue weighted by Gasteiger charge is -2.27. The zero-order valence-electron chi connectivity index (χ0n) is 12.1. The smallest absolute Gasteiger partial charge is 0.0934 e. The summed E-state index contributed by atoms with van der Waals surface area (Å²) in [4.78, 5) is 1.48. The van der Waals surface area contributed by atoms with Crippen LogP contribution in [0.1, 0.15) is 53.3 Å². The molecule has 1 unspecified atom stereocenters. The van der Waals surface area contributed by atoms with Crippen molar-refractivity contribution in [3.8, 4) is 0 Å². The Bertz CT molecular complexity index is 661. The lowest BCUT2D eigenvalue weighted by atomic mass is 9.89. The molecule has 1 aromatic heterocycles. The summed E-state index contributed by atoms with van der Waals surface area (Å²) in [5, 5.41) is 3.83. The zero-order valence-corrected chi connectivity index (χ0v) is 13.7. The van der Waals surface area contributed by atoms with Gasteiger partial charge in [0.2, 0.25) is 0 Å². The fourth-order valence-electron chi connectivity index (χ4n) is 3.78. The minimum atomic E-state index is 0.436. The lowest BCUT2D eigenvalue weighted by molar-refractivity contribution is 0.606. The number of aryl methyl sites for hydroxylation is 2. The third kappa shape index (κ3) is 2.60. The van der Waals surface area contributed by atoms with Crippen molar-refractivity contribution in [3.63, 3.8) is 0 Å². The van der Waals surface area contributed by atoms with Crippen molar-refractivity contribution >= 4 is 28.6 Å². The number of thiophene rings is 1. The van der Waals surface area contributed by atoms with Crippen LogP contribution in [0, 0.1) is 0 Å². The molecule has 2 aliphatic carbocycles. The summed E-state index contributed by atoms with van der Waals surface area (Å²) in [5.74, 6) is 0. The first-order chi connectivity index (χ1) is 10.3. The number of benzene rings is 1.